The summed E-state index contributed by atoms with van der Waals surface area (Å²) in [4.78, 5) is 12.2. The average molecular weight is 348 g/mol. The van der Waals surface area contributed by atoms with Gasteiger partial charge in [0.15, 0.2) is 0 Å². The maximum atomic E-state index is 12.2. The lowest BCUT2D eigenvalue weighted by atomic mass is 10.1. The summed E-state index contributed by atoms with van der Waals surface area (Å²) in [5, 5.41) is 2.95. The molecule has 1 amide bonds. The van der Waals surface area contributed by atoms with Crippen molar-refractivity contribution >= 4 is 21.8 Å². The van der Waals surface area contributed by atoms with Crippen LogP contribution in [0.5, 0.6) is 0 Å². The zero-order valence-electron chi connectivity index (χ0n) is 12.2. The number of carbonyl (C=O) groups excluding carboxylic acids is 1. The summed E-state index contributed by atoms with van der Waals surface area (Å²) in [5.74, 6) is -0.0772. The molecule has 21 heavy (non-hydrogen) atoms. The second-order valence-electron chi connectivity index (χ2n) is 4.90. The van der Waals surface area contributed by atoms with Gasteiger partial charge in [-0.1, -0.05) is 40.2 Å². The Hall–Kier alpha value is -1.65. The summed E-state index contributed by atoms with van der Waals surface area (Å²) >= 11 is 3.41. The SMILES string of the molecule is COCc1ccccc1CNC(=O)c1cc(C)cc(Br)c1. The maximum absolute atomic E-state index is 12.2. The molecule has 0 atom stereocenters. The van der Waals surface area contributed by atoms with E-state index in [0.29, 0.717) is 18.7 Å². The molecule has 0 aromatic heterocycles. The number of methoxy groups -OCH3 is 1. The molecule has 110 valence electrons. The van der Waals surface area contributed by atoms with E-state index < -0.39 is 0 Å². The van der Waals surface area contributed by atoms with E-state index in [0.717, 1.165) is 21.2 Å². The first-order chi connectivity index (χ1) is 10.1. The average Bonchev–Trinajstić information content (AvgIpc) is 2.45. The van der Waals surface area contributed by atoms with E-state index in [4.69, 9.17) is 4.74 Å². The van der Waals surface area contributed by atoms with Gasteiger partial charge in [0.25, 0.3) is 5.91 Å². The molecule has 2 aromatic carbocycles. The zero-order valence-corrected chi connectivity index (χ0v) is 13.7. The summed E-state index contributed by atoms with van der Waals surface area (Å²) < 4.78 is 6.08. The van der Waals surface area contributed by atoms with Crippen LogP contribution in [-0.2, 0) is 17.9 Å². The second-order valence-corrected chi connectivity index (χ2v) is 5.82. The van der Waals surface area contributed by atoms with Gasteiger partial charge in [-0.3, -0.25) is 4.79 Å². The molecule has 0 aliphatic rings. The van der Waals surface area contributed by atoms with Gasteiger partial charge in [0.1, 0.15) is 0 Å². The van der Waals surface area contributed by atoms with Crippen LogP contribution in [0.4, 0.5) is 0 Å². The van der Waals surface area contributed by atoms with Crippen LogP contribution in [-0.4, -0.2) is 13.0 Å². The Kier molecular flexibility index (Phi) is 5.53. The molecule has 0 aliphatic heterocycles. The fraction of sp³-hybridized carbons (Fsp3) is 0.235. The fourth-order valence-corrected chi connectivity index (χ4v) is 2.78. The Morgan fingerprint density at radius 1 is 1.19 bits per heavy atom. The van der Waals surface area contributed by atoms with Gasteiger partial charge in [-0.15, -0.1) is 0 Å². The predicted octanol–water partition coefficient (Wildman–Crippen LogP) is 3.83. The molecule has 4 heteroatoms. The van der Waals surface area contributed by atoms with E-state index in [9.17, 15) is 4.79 Å². The number of aryl methyl sites for hydroxylation is 1. The third kappa shape index (κ3) is 4.41. The van der Waals surface area contributed by atoms with Crippen LogP contribution in [0.15, 0.2) is 46.9 Å². The van der Waals surface area contributed by atoms with Crippen molar-refractivity contribution in [2.24, 2.45) is 0 Å². The van der Waals surface area contributed by atoms with Gasteiger partial charge in [-0.2, -0.15) is 0 Å². The van der Waals surface area contributed by atoms with Gasteiger partial charge in [0.05, 0.1) is 6.61 Å². The van der Waals surface area contributed by atoms with Crippen molar-refractivity contribution < 1.29 is 9.53 Å². The molecule has 0 bridgehead atoms. The summed E-state index contributed by atoms with van der Waals surface area (Å²) in [6.07, 6.45) is 0. The Morgan fingerprint density at radius 2 is 1.90 bits per heavy atom. The van der Waals surface area contributed by atoms with Crippen LogP contribution in [0, 0.1) is 6.92 Å². The van der Waals surface area contributed by atoms with E-state index in [1.165, 1.54) is 0 Å². The number of amides is 1. The summed E-state index contributed by atoms with van der Waals surface area (Å²) in [6.45, 7) is 3.00. The van der Waals surface area contributed by atoms with Gasteiger partial charge < -0.3 is 10.1 Å². The van der Waals surface area contributed by atoms with Gasteiger partial charge >= 0.3 is 0 Å². The number of ether oxygens (including phenoxy) is 1. The highest BCUT2D eigenvalue weighted by molar-refractivity contribution is 9.10. The smallest absolute Gasteiger partial charge is 0.251 e. The predicted molar refractivity (Wildman–Crippen MR) is 87.2 cm³/mol. The van der Waals surface area contributed by atoms with E-state index in [-0.39, 0.29) is 5.91 Å². The molecule has 0 unspecified atom stereocenters. The van der Waals surface area contributed by atoms with Crippen molar-refractivity contribution in [3.8, 4) is 0 Å². The molecule has 0 fully saturated rings. The number of hydrogen-bond acceptors (Lipinski definition) is 2. The van der Waals surface area contributed by atoms with Crippen LogP contribution < -0.4 is 5.32 Å². The van der Waals surface area contributed by atoms with Crippen molar-refractivity contribution in [2.45, 2.75) is 20.1 Å². The largest absolute Gasteiger partial charge is 0.380 e. The lowest BCUT2D eigenvalue weighted by Crippen LogP contribution is -2.23. The Morgan fingerprint density at radius 3 is 2.57 bits per heavy atom. The minimum Gasteiger partial charge on any atom is -0.380 e. The lowest BCUT2D eigenvalue weighted by Gasteiger charge is -2.10. The van der Waals surface area contributed by atoms with Crippen LogP contribution in [0.3, 0.4) is 0 Å². The molecule has 2 aromatic rings. The normalized spacial score (nSPS) is 10.4. The number of carbonyl (C=O) groups is 1. The lowest BCUT2D eigenvalue weighted by molar-refractivity contribution is 0.0950. The minimum atomic E-state index is -0.0772. The minimum absolute atomic E-state index is 0.0772. The summed E-state index contributed by atoms with van der Waals surface area (Å²) in [6, 6.07) is 13.6. The van der Waals surface area contributed by atoms with Crippen molar-refractivity contribution in [1.29, 1.82) is 0 Å². The van der Waals surface area contributed by atoms with Crippen molar-refractivity contribution in [1.82, 2.24) is 5.32 Å². The van der Waals surface area contributed by atoms with Crippen molar-refractivity contribution in [3.63, 3.8) is 0 Å². The molecule has 0 spiro atoms. The monoisotopic (exact) mass is 347 g/mol. The quantitative estimate of drug-likeness (QED) is 0.892. The highest BCUT2D eigenvalue weighted by Gasteiger charge is 2.08. The molecule has 0 radical (unpaired) electrons. The number of rotatable bonds is 5. The van der Waals surface area contributed by atoms with Gasteiger partial charge in [-0.25, -0.2) is 0 Å². The van der Waals surface area contributed by atoms with Crippen LogP contribution in [0.1, 0.15) is 27.0 Å². The van der Waals surface area contributed by atoms with Gasteiger partial charge in [-0.05, 0) is 41.8 Å². The second kappa shape index (κ2) is 7.38. The third-order valence-electron chi connectivity index (χ3n) is 3.16. The first kappa shape index (κ1) is 15.7. The number of halogens is 1. The topological polar surface area (TPSA) is 38.3 Å². The van der Waals surface area contributed by atoms with Gasteiger partial charge in [0.2, 0.25) is 0 Å². The molecular formula is C17H18BrNO2. The number of benzene rings is 2. The molecule has 0 saturated carbocycles. The fourth-order valence-electron chi connectivity index (χ4n) is 2.17. The molecular weight excluding hydrogens is 330 g/mol. The third-order valence-corrected chi connectivity index (χ3v) is 3.62. The van der Waals surface area contributed by atoms with Crippen LogP contribution >= 0.6 is 15.9 Å². The highest BCUT2D eigenvalue weighted by atomic mass is 79.9. The van der Waals surface area contributed by atoms with Crippen molar-refractivity contribution in [3.05, 3.63) is 69.2 Å². The summed E-state index contributed by atoms with van der Waals surface area (Å²) in [5.41, 5.74) is 3.87. The van der Waals surface area contributed by atoms with Gasteiger partial charge in [0, 0.05) is 23.7 Å². The number of hydrogen-bond donors (Lipinski definition) is 1. The molecule has 2 rings (SSSR count). The van der Waals surface area contributed by atoms with Crippen LogP contribution in [0.25, 0.3) is 0 Å². The zero-order chi connectivity index (χ0) is 15.2. The van der Waals surface area contributed by atoms with E-state index in [1.54, 1.807) is 7.11 Å². The Balaban J connectivity index is 2.07. The molecule has 0 heterocycles. The number of nitrogens with one attached hydrogen (secondary N) is 1. The van der Waals surface area contributed by atoms with E-state index in [2.05, 4.69) is 21.2 Å². The molecule has 0 aliphatic carbocycles. The van der Waals surface area contributed by atoms with Crippen LogP contribution in [0.2, 0.25) is 0 Å². The maximum Gasteiger partial charge on any atom is 0.251 e. The molecule has 3 nitrogen and oxygen atoms in total. The van der Waals surface area contributed by atoms with E-state index in [1.807, 2.05) is 49.4 Å². The first-order valence-corrected chi connectivity index (χ1v) is 7.50. The van der Waals surface area contributed by atoms with Crippen molar-refractivity contribution in [2.75, 3.05) is 7.11 Å². The molecule has 1 N–H and O–H groups in total. The summed E-state index contributed by atoms with van der Waals surface area (Å²) in [7, 11) is 1.67. The Bertz CT molecular complexity index is 620. The molecule has 0 saturated heterocycles. The highest BCUT2D eigenvalue weighted by Crippen LogP contribution is 2.16. The first-order valence-electron chi connectivity index (χ1n) is 6.71. The van der Waals surface area contributed by atoms with E-state index >= 15 is 0 Å². The Labute approximate surface area is 133 Å². The standard InChI is InChI=1S/C17H18BrNO2/c1-12-7-15(9-16(18)8-12)17(20)19-10-13-5-3-4-6-14(13)11-21-2/h3-9H,10-11H2,1-2H3,(H,19,20).